The van der Waals surface area contributed by atoms with Crippen molar-refractivity contribution in [2.45, 2.75) is 43.7 Å². The molecule has 0 bridgehead atoms. The first-order chi connectivity index (χ1) is 13.2. The molecule has 144 valence electrons. The van der Waals surface area contributed by atoms with Crippen LogP contribution in [-0.4, -0.2) is 53.3 Å². The summed E-state index contributed by atoms with van der Waals surface area (Å²) in [6, 6.07) is 10.1. The zero-order valence-corrected chi connectivity index (χ0v) is 15.7. The van der Waals surface area contributed by atoms with Crippen molar-refractivity contribution in [1.29, 1.82) is 0 Å². The van der Waals surface area contributed by atoms with Crippen molar-refractivity contribution in [3.05, 3.63) is 47.6 Å². The van der Waals surface area contributed by atoms with E-state index in [1.807, 2.05) is 18.2 Å². The summed E-state index contributed by atoms with van der Waals surface area (Å²) in [6.07, 6.45) is 3.45. The molecular formula is C20H26N4O3. The van der Waals surface area contributed by atoms with Gasteiger partial charge in [0.25, 0.3) is 0 Å². The van der Waals surface area contributed by atoms with Gasteiger partial charge in [-0.05, 0) is 24.8 Å². The number of ether oxygens (including phenoxy) is 1. The van der Waals surface area contributed by atoms with Gasteiger partial charge < -0.3 is 14.6 Å². The predicted molar refractivity (Wildman–Crippen MR) is 99.1 cm³/mol. The maximum atomic E-state index is 12.5. The number of amides is 1. The van der Waals surface area contributed by atoms with Crippen molar-refractivity contribution in [1.82, 2.24) is 20.4 Å². The Morgan fingerprint density at radius 3 is 2.81 bits per heavy atom. The fourth-order valence-corrected chi connectivity index (χ4v) is 4.15. The minimum Gasteiger partial charge on any atom is -0.384 e. The Labute approximate surface area is 159 Å². The first kappa shape index (κ1) is 18.1. The van der Waals surface area contributed by atoms with Gasteiger partial charge in [0.15, 0.2) is 5.82 Å². The van der Waals surface area contributed by atoms with E-state index in [1.54, 1.807) is 7.11 Å². The summed E-state index contributed by atoms with van der Waals surface area (Å²) in [4.78, 5) is 19.3. The Hall–Kier alpha value is -2.25. The summed E-state index contributed by atoms with van der Waals surface area (Å²) < 4.78 is 10.4. The van der Waals surface area contributed by atoms with Crippen LogP contribution in [0.5, 0.6) is 0 Å². The molecule has 2 fully saturated rings. The highest BCUT2D eigenvalue weighted by molar-refractivity contribution is 5.87. The SMILES string of the molecule is COCCc1noc(CN2CCC3(CC2)C[C@H](c2ccccc2)C(=O)N3)n1. The van der Waals surface area contributed by atoms with Gasteiger partial charge in [0.2, 0.25) is 11.8 Å². The fraction of sp³-hybridized carbons (Fsp3) is 0.550. The van der Waals surface area contributed by atoms with Gasteiger partial charge in [0.1, 0.15) is 0 Å². The van der Waals surface area contributed by atoms with E-state index in [0.717, 1.165) is 37.9 Å². The molecule has 2 aliphatic rings. The maximum absolute atomic E-state index is 12.5. The second-order valence-electron chi connectivity index (χ2n) is 7.56. The Morgan fingerprint density at radius 1 is 1.30 bits per heavy atom. The molecule has 2 saturated heterocycles. The van der Waals surface area contributed by atoms with Gasteiger partial charge >= 0.3 is 0 Å². The van der Waals surface area contributed by atoms with Crippen molar-refractivity contribution in [3.63, 3.8) is 0 Å². The third kappa shape index (κ3) is 4.04. The lowest BCUT2D eigenvalue weighted by atomic mass is 9.82. The number of hydrogen-bond donors (Lipinski definition) is 1. The van der Waals surface area contributed by atoms with Crippen molar-refractivity contribution in [3.8, 4) is 0 Å². The summed E-state index contributed by atoms with van der Waals surface area (Å²) in [6.45, 7) is 3.08. The third-order valence-electron chi connectivity index (χ3n) is 5.71. The molecule has 7 nitrogen and oxygen atoms in total. The average Bonchev–Trinajstić information content (AvgIpc) is 3.27. The third-order valence-corrected chi connectivity index (χ3v) is 5.71. The lowest BCUT2D eigenvalue weighted by Gasteiger charge is -2.38. The molecule has 1 aromatic heterocycles. The van der Waals surface area contributed by atoms with Crippen molar-refractivity contribution >= 4 is 5.91 Å². The summed E-state index contributed by atoms with van der Waals surface area (Å²) in [5, 5.41) is 7.29. The molecule has 1 atom stereocenters. The van der Waals surface area contributed by atoms with E-state index in [2.05, 4.69) is 32.5 Å². The molecule has 2 aliphatic heterocycles. The van der Waals surface area contributed by atoms with Crippen molar-refractivity contribution in [2.75, 3.05) is 26.8 Å². The number of hydrogen-bond acceptors (Lipinski definition) is 6. The molecule has 2 aromatic rings. The topological polar surface area (TPSA) is 80.5 Å². The van der Waals surface area contributed by atoms with Gasteiger partial charge in [0.05, 0.1) is 19.1 Å². The van der Waals surface area contributed by atoms with Gasteiger partial charge in [-0.15, -0.1) is 0 Å². The standard InChI is InChI=1S/C20H26N4O3/c1-26-12-7-17-21-18(27-23-17)14-24-10-8-20(9-11-24)13-16(19(25)22-20)15-5-3-2-4-6-15/h2-6,16H,7-14H2,1H3,(H,22,25)/t16-/m1/s1. The van der Waals surface area contributed by atoms with Gasteiger partial charge in [-0.2, -0.15) is 4.98 Å². The lowest BCUT2D eigenvalue weighted by molar-refractivity contribution is -0.121. The Bertz CT molecular complexity index is 769. The van der Waals surface area contributed by atoms with E-state index in [1.165, 1.54) is 0 Å². The molecule has 0 radical (unpaired) electrons. The smallest absolute Gasteiger partial charge is 0.240 e. The molecule has 1 amide bonds. The highest BCUT2D eigenvalue weighted by Gasteiger charge is 2.46. The van der Waals surface area contributed by atoms with Crippen LogP contribution in [-0.2, 0) is 22.5 Å². The van der Waals surface area contributed by atoms with E-state index >= 15 is 0 Å². The number of piperidine rings is 1. The normalized spacial score (nSPS) is 22.3. The molecule has 4 rings (SSSR count). The molecule has 1 N–H and O–H groups in total. The number of rotatable bonds is 6. The number of nitrogens with zero attached hydrogens (tertiary/aromatic N) is 3. The highest BCUT2D eigenvalue weighted by Crippen LogP contribution is 2.39. The largest absolute Gasteiger partial charge is 0.384 e. The van der Waals surface area contributed by atoms with E-state index in [-0.39, 0.29) is 17.4 Å². The summed E-state index contributed by atoms with van der Waals surface area (Å²) in [7, 11) is 1.66. The van der Waals surface area contributed by atoms with Crippen molar-refractivity contribution < 1.29 is 14.1 Å². The second-order valence-corrected chi connectivity index (χ2v) is 7.56. The molecular weight excluding hydrogens is 344 g/mol. The second kappa shape index (κ2) is 7.78. The molecule has 27 heavy (non-hydrogen) atoms. The van der Waals surface area contributed by atoms with Crippen LogP contribution in [0, 0.1) is 0 Å². The fourth-order valence-electron chi connectivity index (χ4n) is 4.15. The predicted octanol–water partition coefficient (Wildman–Crippen LogP) is 1.90. The monoisotopic (exact) mass is 370 g/mol. The van der Waals surface area contributed by atoms with E-state index in [9.17, 15) is 4.79 Å². The van der Waals surface area contributed by atoms with Crippen molar-refractivity contribution in [2.24, 2.45) is 0 Å². The van der Waals surface area contributed by atoms with E-state index in [4.69, 9.17) is 9.26 Å². The Kier molecular flexibility index (Phi) is 5.22. The number of likely N-dealkylation sites (tertiary alicyclic amines) is 1. The molecule has 0 unspecified atom stereocenters. The van der Waals surface area contributed by atoms with Crippen LogP contribution in [0.3, 0.4) is 0 Å². The van der Waals surface area contributed by atoms with Crippen LogP contribution in [0.2, 0.25) is 0 Å². The zero-order chi connectivity index (χ0) is 18.7. The highest BCUT2D eigenvalue weighted by atomic mass is 16.5. The van der Waals surface area contributed by atoms with Crippen LogP contribution < -0.4 is 5.32 Å². The lowest BCUT2D eigenvalue weighted by Crippen LogP contribution is -2.50. The Balaban J connectivity index is 1.32. The molecule has 7 heteroatoms. The molecule has 0 aliphatic carbocycles. The van der Waals surface area contributed by atoms with Crippen LogP contribution in [0.1, 0.15) is 42.5 Å². The number of carbonyl (C=O) groups is 1. The first-order valence-corrected chi connectivity index (χ1v) is 9.57. The van der Waals surface area contributed by atoms with Gasteiger partial charge in [0, 0.05) is 32.2 Å². The Morgan fingerprint density at radius 2 is 2.07 bits per heavy atom. The minimum atomic E-state index is -0.0768. The number of methoxy groups -OCH3 is 1. The number of aromatic nitrogens is 2. The van der Waals surface area contributed by atoms with Crippen LogP contribution in [0.4, 0.5) is 0 Å². The van der Waals surface area contributed by atoms with Crippen LogP contribution in [0.15, 0.2) is 34.9 Å². The van der Waals surface area contributed by atoms with Crippen LogP contribution in [0.25, 0.3) is 0 Å². The zero-order valence-electron chi connectivity index (χ0n) is 15.7. The number of nitrogens with one attached hydrogen (secondary N) is 1. The molecule has 0 saturated carbocycles. The number of carbonyl (C=O) groups excluding carboxylic acids is 1. The minimum absolute atomic E-state index is 0.0305. The van der Waals surface area contributed by atoms with E-state index < -0.39 is 0 Å². The molecule has 1 aromatic carbocycles. The van der Waals surface area contributed by atoms with Gasteiger partial charge in [-0.25, -0.2) is 0 Å². The molecule has 1 spiro atoms. The maximum Gasteiger partial charge on any atom is 0.240 e. The van der Waals surface area contributed by atoms with E-state index in [0.29, 0.717) is 31.3 Å². The molecule has 3 heterocycles. The average molecular weight is 370 g/mol. The summed E-state index contributed by atoms with van der Waals surface area (Å²) in [5.41, 5.74) is 1.04. The first-order valence-electron chi connectivity index (χ1n) is 9.57. The van der Waals surface area contributed by atoms with Gasteiger partial charge in [-0.1, -0.05) is 35.5 Å². The van der Waals surface area contributed by atoms with Gasteiger partial charge in [-0.3, -0.25) is 9.69 Å². The summed E-state index contributed by atoms with van der Waals surface area (Å²) in [5.74, 6) is 1.47. The number of benzene rings is 1. The summed E-state index contributed by atoms with van der Waals surface area (Å²) >= 11 is 0. The van der Waals surface area contributed by atoms with Crippen LogP contribution >= 0.6 is 0 Å². The quantitative estimate of drug-likeness (QED) is 0.836.